The molecule has 0 aromatic carbocycles. The predicted octanol–water partition coefficient (Wildman–Crippen LogP) is 1.39. The van der Waals surface area contributed by atoms with Crippen LogP contribution < -0.4 is 5.32 Å². The van der Waals surface area contributed by atoms with Gasteiger partial charge in [-0.25, -0.2) is 8.42 Å². The average molecular weight is 577 g/mol. The molecule has 184 valence electrons. The molecule has 2 saturated heterocycles. The molecule has 0 bridgehead atoms. The first kappa shape index (κ1) is 28.8. The maximum absolute atomic E-state index is 12.5. The van der Waals surface area contributed by atoms with Crippen LogP contribution >= 0.6 is 24.0 Å². The maximum atomic E-state index is 12.5. The van der Waals surface area contributed by atoms with E-state index in [-0.39, 0.29) is 42.4 Å². The van der Waals surface area contributed by atoms with Crippen molar-refractivity contribution in [3.8, 4) is 0 Å². The Morgan fingerprint density at radius 3 is 2.58 bits per heavy atom. The first-order valence-electron chi connectivity index (χ1n) is 11.2. The fourth-order valence-corrected chi connectivity index (χ4v) is 4.72. The Morgan fingerprint density at radius 1 is 1.23 bits per heavy atom. The Kier molecular flexibility index (Phi) is 14.5. The Balaban J connectivity index is 0.00000480. The largest absolute Gasteiger partial charge is 0.381 e. The third kappa shape index (κ3) is 11.0. The molecule has 9 nitrogen and oxygen atoms in total. The minimum atomic E-state index is -3.28. The molecule has 2 fully saturated rings. The van der Waals surface area contributed by atoms with Crippen molar-refractivity contribution in [3.63, 3.8) is 0 Å². The molecule has 1 N–H and O–H groups in total. The van der Waals surface area contributed by atoms with E-state index < -0.39 is 10.0 Å². The molecule has 1 atom stereocenters. The summed E-state index contributed by atoms with van der Waals surface area (Å²) in [6, 6.07) is 0. The molecular weight excluding hydrogens is 535 g/mol. The summed E-state index contributed by atoms with van der Waals surface area (Å²) in [7, 11) is -3.28. The number of sulfonamides is 1. The van der Waals surface area contributed by atoms with Gasteiger partial charge in [-0.2, -0.15) is 4.31 Å². The van der Waals surface area contributed by atoms with Crippen LogP contribution in [0.5, 0.6) is 0 Å². The summed E-state index contributed by atoms with van der Waals surface area (Å²) in [5.41, 5.74) is 0. The lowest BCUT2D eigenvalue weighted by molar-refractivity contribution is 0.0892. The van der Waals surface area contributed by atoms with Gasteiger partial charge in [0.05, 0.1) is 31.7 Å². The van der Waals surface area contributed by atoms with E-state index in [1.807, 2.05) is 20.8 Å². The van der Waals surface area contributed by atoms with Crippen molar-refractivity contribution in [2.24, 2.45) is 10.9 Å². The van der Waals surface area contributed by atoms with Crippen molar-refractivity contribution < 1.29 is 22.6 Å². The van der Waals surface area contributed by atoms with Gasteiger partial charge in [0.2, 0.25) is 10.0 Å². The minimum absolute atomic E-state index is 0. The number of piperazine rings is 1. The molecule has 31 heavy (non-hydrogen) atoms. The number of ether oxygens (including phenoxy) is 3. The van der Waals surface area contributed by atoms with Crippen LogP contribution in [0.1, 0.15) is 33.6 Å². The lowest BCUT2D eigenvalue weighted by atomic mass is 10.1. The van der Waals surface area contributed by atoms with Gasteiger partial charge >= 0.3 is 0 Å². The van der Waals surface area contributed by atoms with E-state index in [0.29, 0.717) is 45.2 Å². The summed E-state index contributed by atoms with van der Waals surface area (Å²) in [6.45, 7) is 12.9. The highest BCUT2D eigenvalue weighted by molar-refractivity contribution is 14.0. The Hall–Kier alpha value is -0.210. The van der Waals surface area contributed by atoms with Crippen LogP contribution in [0.3, 0.4) is 0 Å². The molecule has 0 amide bonds. The van der Waals surface area contributed by atoms with Crippen LogP contribution in [0, 0.1) is 5.92 Å². The molecule has 0 spiro atoms. The van der Waals surface area contributed by atoms with Gasteiger partial charge in [0.25, 0.3) is 0 Å². The van der Waals surface area contributed by atoms with Crippen LogP contribution in [-0.2, 0) is 24.2 Å². The quantitative estimate of drug-likeness (QED) is 0.163. The molecule has 1 unspecified atom stereocenters. The topological polar surface area (TPSA) is 92.7 Å². The van der Waals surface area contributed by atoms with Gasteiger partial charge < -0.3 is 24.4 Å². The smallest absolute Gasteiger partial charge is 0.216 e. The number of nitrogens with one attached hydrogen (secondary N) is 1. The summed E-state index contributed by atoms with van der Waals surface area (Å²) < 4.78 is 43.1. The highest BCUT2D eigenvalue weighted by Gasteiger charge is 2.28. The fourth-order valence-electron chi connectivity index (χ4n) is 3.44. The summed E-state index contributed by atoms with van der Waals surface area (Å²) in [5, 5.41) is 3.32. The van der Waals surface area contributed by atoms with Crippen molar-refractivity contribution in [2.75, 3.05) is 78.1 Å². The van der Waals surface area contributed by atoms with E-state index in [1.54, 1.807) is 4.31 Å². The molecule has 0 aromatic rings. The van der Waals surface area contributed by atoms with E-state index in [4.69, 9.17) is 19.2 Å². The first-order chi connectivity index (χ1) is 14.4. The fraction of sp³-hybridized carbons (Fsp3) is 0.950. The second-order valence-electron chi connectivity index (χ2n) is 8.02. The highest BCUT2D eigenvalue weighted by atomic mass is 127. The molecule has 2 aliphatic heterocycles. The molecule has 0 aromatic heterocycles. The third-order valence-corrected chi connectivity index (χ3v) is 6.98. The van der Waals surface area contributed by atoms with Gasteiger partial charge in [-0.1, -0.05) is 0 Å². The molecule has 2 heterocycles. The molecule has 0 saturated carbocycles. The summed E-state index contributed by atoms with van der Waals surface area (Å²) in [6.07, 6.45) is 2.00. The molecular formula is C20H41IN4O5S. The second-order valence-corrected chi connectivity index (χ2v) is 10.1. The summed E-state index contributed by atoms with van der Waals surface area (Å²) in [4.78, 5) is 6.84. The Morgan fingerprint density at radius 2 is 1.97 bits per heavy atom. The van der Waals surface area contributed by atoms with Crippen molar-refractivity contribution in [3.05, 3.63) is 0 Å². The van der Waals surface area contributed by atoms with Gasteiger partial charge in [0, 0.05) is 58.4 Å². The normalized spacial score (nSPS) is 20.8. The molecule has 0 radical (unpaired) electrons. The number of halogens is 1. The van der Waals surface area contributed by atoms with E-state index in [0.717, 1.165) is 45.2 Å². The SMILES string of the molecule is CCNC(=NCCCOCC1CCOC1)N1CCN(S(=O)(=O)CCOC(C)C)CC1.I. The zero-order valence-corrected chi connectivity index (χ0v) is 22.4. The van der Waals surface area contributed by atoms with Gasteiger partial charge in [0.1, 0.15) is 0 Å². The van der Waals surface area contributed by atoms with Crippen LogP contribution in [0.15, 0.2) is 4.99 Å². The van der Waals surface area contributed by atoms with Gasteiger partial charge in [0.15, 0.2) is 5.96 Å². The van der Waals surface area contributed by atoms with E-state index in [2.05, 4.69) is 10.2 Å². The lowest BCUT2D eigenvalue weighted by Gasteiger charge is -2.36. The number of nitrogens with zero attached hydrogens (tertiary/aromatic N) is 3. The van der Waals surface area contributed by atoms with Crippen molar-refractivity contribution in [1.29, 1.82) is 0 Å². The lowest BCUT2D eigenvalue weighted by Crippen LogP contribution is -2.54. The Labute approximate surface area is 205 Å². The Bertz CT molecular complexity index is 607. The second kappa shape index (κ2) is 15.6. The van der Waals surface area contributed by atoms with Gasteiger partial charge in [-0.3, -0.25) is 4.99 Å². The van der Waals surface area contributed by atoms with Gasteiger partial charge in [-0.05, 0) is 33.6 Å². The van der Waals surface area contributed by atoms with Crippen LogP contribution in [0.25, 0.3) is 0 Å². The number of hydrogen-bond acceptors (Lipinski definition) is 6. The number of hydrogen-bond donors (Lipinski definition) is 1. The first-order valence-corrected chi connectivity index (χ1v) is 12.8. The van der Waals surface area contributed by atoms with Crippen molar-refractivity contribution in [2.45, 2.75) is 39.7 Å². The maximum Gasteiger partial charge on any atom is 0.216 e. The van der Waals surface area contributed by atoms with E-state index in [1.165, 1.54) is 0 Å². The summed E-state index contributed by atoms with van der Waals surface area (Å²) in [5.74, 6) is 1.42. The molecule has 0 aliphatic carbocycles. The van der Waals surface area contributed by atoms with Crippen LogP contribution in [0.2, 0.25) is 0 Å². The van der Waals surface area contributed by atoms with Crippen LogP contribution in [0.4, 0.5) is 0 Å². The predicted molar refractivity (Wildman–Crippen MR) is 134 cm³/mol. The average Bonchev–Trinajstić information content (AvgIpc) is 3.23. The zero-order chi connectivity index (χ0) is 21.8. The monoisotopic (exact) mass is 576 g/mol. The van der Waals surface area contributed by atoms with Crippen LogP contribution in [-0.4, -0.2) is 108 Å². The zero-order valence-electron chi connectivity index (χ0n) is 19.3. The number of guanidine groups is 1. The molecule has 2 rings (SSSR count). The van der Waals surface area contributed by atoms with E-state index >= 15 is 0 Å². The number of rotatable bonds is 12. The standard InChI is InChI=1S/C20H40N4O5S.HI/c1-4-21-20(22-7-5-12-27-16-19-6-13-28-17-19)23-8-10-24(11-9-23)30(25,26)15-14-29-18(2)3;/h18-19H,4-17H2,1-3H3,(H,21,22);1H. The number of aliphatic imine (C=N–C) groups is 1. The summed E-state index contributed by atoms with van der Waals surface area (Å²) >= 11 is 0. The van der Waals surface area contributed by atoms with Crippen molar-refractivity contribution >= 4 is 40.0 Å². The minimum Gasteiger partial charge on any atom is -0.381 e. The third-order valence-electron chi connectivity index (χ3n) is 5.14. The van der Waals surface area contributed by atoms with E-state index in [9.17, 15) is 8.42 Å². The highest BCUT2D eigenvalue weighted by Crippen LogP contribution is 2.12. The van der Waals surface area contributed by atoms with Crippen molar-refractivity contribution in [1.82, 2.24) is 14.5 Å². The molecule has 2 aliphatic rings. The molecule has 11 heteroatoms. The van der Waals surface area contributed by atoms with Gasteiger partial charge in [-0.15, -0.1) is 24.0 Å².